The quantitative estimate of drug-likeness (QED) is 0.937. The van der Waals surface area contributed by atoms with Gasteiger partial charge in [0.25, 0.3) is 0 Å². The normalized spacial score (nSPS) is 18.0. The molecule has 1 heterocycles. The highest BCUT2D eigenvalue weighted by molar-refractivity contribution is 5.95. The Balaban J connectivity index is 1.73. The molecule has 0 saturated carbocycles. The number of carbonyl (C=O) groups excluding carboxylic acids is 2. The Morgan fingerprint density at radius 1 is 1.04 bits per heavy atom. The number of amides is 2. The maximum absolute atomic E-state index is 13.3. The highest BCUT2D eigenvalue weighted by Crippen LogP contribution is 2.13. The zero-order valence-electron chi connectivity index (χ0n) is 12.5. The zero-order chi connectivity index (χ0) is 16.2. The van der Waals surface area contributed by atoms with Gasteiger partial charge in [-0.2, -0.15) is 0 Å². The lowest BCUT2D eigenvalue weighted by Gasteiger charge is -2.32. The van der Waals surface area contributed by atoms with E-state index in [1.54, 1.807) is 12.1 Å². The molecule has 1 fully saturated rings. The van der Waals surface area contributed by atoms with E-state index in [0.717, 1.165) is 5.56 Å². The van der Waals surface area contributed by atoms with Crippen molar-refractivity contribution in [3.63, 3.8) is 0 Å². The number of benzene rings is 2. The van der Waals surface area contributed by atoms with Gasteiger partial charge in [-0.3, -0.25) is 9.59 Å². The van der Waals surface area contributed by atoms with Crippen LogP contribution in [0.5, 0.6) is 0 Å². The van der Waals surface area contributed by atoms with Gasteiger partial charge in [-0.25, -0.2) is 4.39 Å². The van der Waals surface area contributed by atoms with Crippen LogP contribution in [0.4, 0.5) is 4.39 Å². The molecule has 2 amide bonds. The molecule has 2 aromatic rings. The standard InChI is InChI=1S/C18H17FN2O2/c19-15-8-4-7-14(9-15)10-16-18(23)21(12-17(22)20-16)11-13-5-2-1-3-6-13/h1-9,16H,10-12H2,(H,20,22)/t16-/m1/s1. The minimum atomic E-state index is -0.651. The van der Waals surface area contributed by atoms with Crippen LogP contribution in [-0.4, -0.2) is 29.3 Å². The zero-order valence-corrected chi connectivity index (χ0v) is 12.5. The Hall–Kier alpha value is -2.69. The van der Waals surface area contributed by atoms with Crippen LogP contribution in [0.1, 0.15) is 11.1 Å². The van der Waals surface area contributed by atoms with E-state index in [2.05, 4.69) is 5.32 Å². The first kappa shape index (κ1) is 15.2. The summed E-state index contributed by atoms with van der Waals surface area (Å²) in [5, 5.41) is 2.70. The van der Waals surface area contributed by atoms with E-state index in [4.69, 9.17) is 0 Å². The maximum atomic E-state index is 13.3. The van der Waals surface area contributed by atoms with Crippen LogP contribution >= 0.6 is 0 Å². The van der Waals surface area contributed by atoms with Gasteiger partial charge in [0.1, 0.15) is 11.9 Å². The van der Waals surface area contributed by atoms with Gasteiger partial charge >= 0.3 is 0 Å². The van der Waals surface area contributed by atoms with Gasteiger partial charge in [0.15, 0.2) is 0 Å². The lowest BCUT2D eigenvalue weighted by Crippen LogP contribution is -2.58. The first-order valence-corrected chi connectivity index (χ1v) is 7.48. The fourth-order valence-electron chi connectivity index (χ4n) is 2.75. The lowest BCUT2D eigenvalue weighted by molar-refractivity contribution is -0.144. The molecule has 0 radical (unpaired) electrons. The minimum absolute atomic E-state index is 0.0490. The number of hydrogen-bond donors (Lipinski definition) is 1. The smallest absolute Gasteiger partial charge is 0.246 e. The molecule has 0 aromatic heterocycles. The second-order valence-electron chi connectivity index (χ2n) is 5.63. The number of hydrogen-bond acceptors (Lipinski definition) is 2. The summed E-state index contributed by atoms with van der Waals surface area (Å²) in [7, 11) is 0. The van der Waals surface area contributed by atoms with Gasteiger partial charge in [0, 0.05) is 13.0 Å². The fourth-order valence-corrected chi connectivity index (χ4v) is 2.75. The molecule has 2 aromatic carbocycles. The molecule has 0 bridgehead atoms. The molecule has 1 saturated heterocycles. The molecular weight excluding hydrogens is 295 g/mol. The van der Waals surface area contributed by atoms with E-state index >= 15 is 0 Å². The summed E-state index contributed by atoms with van der Waals surface area (Å²) in [5.41, 5.74) is 1.66. The Morgan fingerprint density at radius 3 is 2.52 bits per heavy atom. The molecule has 1 atom stereocenters. The lowest BCUT2D eigenvalue weighted by atomic mass is 10.0. The van der Waals surface area contributed by atoms with E-state index in [0.29, 0.717) is 12.1 Å². The van der Waals surface area contributed by atoms with Crippen molar-refractivity contribution >= 4 is 11.8 Å². The number of nitrogens with zero attached hydrogens (tertiary/aromatic N) is 1. The second kappa shape index (κ2) is 6.60. The number of nitrogens with one attached hydrogen (secondary N) is 1. The SMILES string of the molecule is O=C1CN(Cc2ccccc2)C(=O)[C@@H](Cc2cccc(F)c2)N1. The summed E-state index contributed by atoms with van der Waals surface area (Å²) in [6, 6.07) is 15.0. The summed E-state index contributed by atoms with van der Waals surface area (Å²) in [6.45, 7) is 0.445. The first-order chi connectivity index (χ1) is 11.1. The highest BCUT2D eigenvalue weighted by atomic mass is 19.1. The van der Waals surface area contributed by atoms with Crippen molar-refractivity contribution in [1.82, 2.24) is 10.2 Å². The van der Waals surface area contributed by atoms with Crippen molar-refractivity contribution in [1.29, 1.82) is 0 Å². The van der Waals surface area contributed by atoms with Gasteiger partial charge in [0.05, 0.1) is 6.54 Å². The van der Waals surface area contributed by atoms with Gasteiger partial charge in [-0.05, 0) is 23.3 Å². The summed E-state index contributed by atoms with van der Waals surface area (Å²) < 4.78 is 13.3. The molecule has 1 aliphatic heterocycles. The van der Waals surface area contributed by atoms with Crippen LogP contribution in [0, 0.1) is 5.82 Å². The van der Waals surface area contributed by atoms with Gasteiger partial charge in [-0.15, -0.1) is 0 Å². The second-order valence-corrected chi connectivity index (χ2v) is 5.63. The predicted octanol–water partition coefficient (Wildman–Crippen LogP) is 1.90. The molecule has 0 unspecified atom stereocenters. The van der Waals surface area contributed by atoms with Crippen LogP contribution in [0.2, 0.25) is 0 Å². The number of carbonyl (C=O) groups is 2. The average molecular weight is 312 g/mol. The minimum Gasteiger partial charge on any atom is -0.342 e. The maximum Gasteiger partial charge on any atom is 0.246 e. The molecule has 118 valence electrons. The molecular formula is C18H17FN2O2. The first-order valence-electron chi connectivity index (χ1n) is 7.48. The molecule has 1 aliphatic rings. The molecule has 5 heteroatoms. The molecule has 4 nitrogen and oxygen atoms in total. The van der Waals surface area contributed by atoms with Crippen LogP contribution in [0.3, 0.4) is 0 Å². The highest BCUT2D eigenvalue weighted by Gasteiger charge is 2.32. The fraction of sp³-hybridized carbons (Fsp3) is 0.222. The number of halogens is 1. The molecule has 0 aliphatic carbocycles. The van der Waals surface area contributed by atoms with Crippen molar-refractivity contribution in [3.05, 3.63) is 71.5 Å². The van der Waals surface area contributed by atoms with E-state index in [1.807, 2.05) is 30.3 Å². The topological polar surface area (TPSA) is 49.4 Å². The molecule has 1 N–H and O–H groups in total. The van der Waals surface area contributed by atoms with Crippen LogP contribution in [0.25, 0.3) is 0 Å². The Bertz CT molecular complexity index is 718. The summed E-state index contributed by atoms with van der Waals surface area (Å²) in [4.78, 5) is 26.0. The predicted molar refractivity (Wildman–Crippen MR) is 83.9 cm³/mol. The van der Waals surface area contributed by atoms with E-state index < -0.39 is 6.04 Å². The van der Waals surface area contributed by atoms with Gasteiger partial charge in [-0.1, -0.05) is 42.5 Å². The van der Waals surface area contributed by atoms with Gasteiger partial charge in [0.2, 0.25) is 11.8 Å². The number of piperazine rings is 1. The summed E-state index contributed by atoms with van der Waals surface area (Å²) in [6.07, 6.45) is 0.285. The van der Waals surface area contributed by atoms with Crippen molar-refractivity contribution in [3.8, 4) is 0 Å². The van der Waals surface area contributed by atoms with Crippen LogP contribution < -0.4 is 5.32 Å². The Labute approximate surface area is 133 Å². The summed E-state index contributed by atoms with van der Waals surface area (Å²) >= 11 is 0. The third-order valence-electron chi connectivity index (χ3n) is 3.82. The van der Waals surface area contributed by atoms with Gasteiger partial charge < -0.3 is 10.2 Å². The average Bonchev–Trinajstić information content (AvgIpc) is 2.53. The largest absolute Gasteiger partial charge is 0.342 e. The van der Waals surface area contributed by atoms with Crippen molar-refractivity contribution in [2.45, 2.75) is 19.0 Å². The van der Waals surface area contributed by atoms with E-state index in [1.165, 1.54) is 17.0 Å². The third-order valence-corrected chi connectivity index (χ3v) is 3.82. The number of rotatable bonds is 4. The third kappa shape index (κ3) is 3.74. The Kier molecular flexibility index (Phi) is 4.37. The Morgan fingerprint density at radius 2 is 1.78 bits per heavy atom. The molecule has 0 spiro atoms. The molecule has 3 rings (SSSR count). The van der Waals surface area contributed by atoms with E-state index in [-0.39, 0.29) is 30.6 Å². The monoisotopic (exact) mass is 312 g/mol. The summed E-state index contributed by atoms with van der Waals surface area (Å²) in [5.74, 6) is -0.683. The van der Waals surface area contributed by atoms with Crippen LogP contribution in [-0.2, 0) is 22.6 Å². The van der Waals surface area contributed by atoms with Crippen molar-refractivity contribution in [2.24, 2.45) is 0 Å². The van der Waals surface area contributed by atoms with E-state index in [9.17, 15) is 14.0 Å². The van der Waals surface area contributed by atoms with Crippen molar-refractivity contribution in [2.75, 3.05) is 6.54 Å². The van der Waals surface area contributed by atoms with Crippen molar-refractivity contribution < 1.29 is 14.0 Å². The van der Waals surface area contributed by atoms with Crippen LogP contribution in [0.15, 0.2) is 54.6 Å². The molecule has 23 heavy (non-hydrogen) atoms.